The fourth-order valence-corrected chi connectivity index (χ4v) is 2.24. The Labute approximate surface area is 105 Å². The molecular formula is C12H16FN3O2. The van der Waals surface area contributed by atoms with Gasteiger partial charge in [-0.25, -0.2) is 9.18 Å². The molecule has 3 N–H and O–H groups in total. The van der Waals surface area contributed by atoms with Crippen LogP contribution in [-0.2, 0) is 0 Å². The Morgan fingerprint density at radius 1 is 1.50 bits per heavy atom. The van der Waals surface area contributed by atoms with Gasteiger partial charge in [0.25, 0.3) is 0 Å². The second-order valence-electron chi connectivity index (χ2n) is 4.48. The van der Waals surface area contributed by atoms with Crippen LogP contribution in [0.2, 0.25) is 0 Å². The second-order valence-corrected chi connectivity index (χ2v) is 4.48. The van der Waals surface area contributed by atoms with Crippen LogP contribution in [0.5, 0.6) is 0 Å². The second kappa shape index (κ2) is 4.72. The number of benzene rings is 1. The molecule has 1 aliphatic heterocycles. The smallest absolute Gasteiger partial charge is 0.407 e. The van der Waals surface area contributed by atoms with Gasteiger partial charge in [0.1, 0.15) is 5.82 Å². The Morgan fingerprint density at radius 2 is 2.22 bits per heavy atom. The lowest BCUT2D eigenvalue weighted by molar-refractivity contribution is 0.122. The maximum absolute atomic E-state index is 13.8. The lowest BCUT2D eigenvalue weighted by Gasteiger charge is -2.39. The molecule has 1 aromatic rings. The summed E-state index contributed by atoms with van der Waals surface area (Å²) in [6.07, 6.45) is -0.931. The van der Waals surface area contributed by atoms with Crippen molar-refractivity contribution in [2.75, 3.05) is 30.3 Å². The van der Waals surface area contributed by atoms with Crippen molar-refractivity contribution < 1.29 is 14.3 Å². The average Bonchev–Trinajstić information content (AvgIpc) is 2.28. The molecule has 0 radical (unpaired) electrons. The van der Waals surface area contributed by atoms with Gasteiger partial charge in [-0.3, -0.25) is 0 Å². The van der Waals surface area contributed by atoms with Crippen molar-refractivity contribution in [1.29, 1.82) is 0 Å². The van der Waals surface area contributed by atoms with Crippen molar-refractivity contribution in [3.63, 3.8) is 0 Å². The normalized spacial score (nSPS) is 20.0. The highest BCUT2D eigenvalue weighted by molar-refractivity contribution is 5.66. The largest absolute Gasteiger partial charge is 0.465 e. The standard InChI is InChI=1S/C12H16FN3O2/c1-8-7-15(4-5-16(8)12(17)18)11-3-2-9(14)6-10(11)13/h2-3,6,8H,4-5,7,14H2,1H3,(H,17,18)/t8-/m1/s1. The van der Waals surface area contributed by atoms with Crippen molar-refractivity contribution in [2.24, 2.45) is 0 Å². The molecule has 1 heterocycles. The Bertz CT molecular complexity index is 467. The lowest BCUT2D eigenvalue weighted by atomic mass is 10.1. The summed E-state index contributed by atoms with van der Waals surface area (Å²) in [5.74, 6) is -0.369. The van der Waals surface area contributed by atoms with Gasteiger partial charge in [-0.1, -0.05) is 0 Å². The molecule has 6 heteroatoms. The maximum atomic E-state index is 13.8. The summed E-state index contributed by atoms with van der Waals surface area (Å²) >= 11 is 0. The van der Waals surface area contributed by atoms with Gasteiger partial charge in [0.2, 0.25) is 0 Å². The van der Waals surface area contributed by atoms with Crippen LogP contribution in [0.1, 0.15) is 6.92 Å². The summed E-state index contributed by atoms with van der Waals surface area (Å²) in [5.41, 5.74) is 6.36. The lowest BCUT2D eigenvalue weighted by Crippen LogP contribution is -2.53. The molecule has 1 fully saturated rings. The SMILES string of the molecule is C[C@@H]1CN(c2ccc(N)cc2F)CCN1C(=O)O. The van der Waals surface area contributed by atoms with E-state index < -0.39 is 6.09 Å². The molecule has 0 unspecified atom stereocenters. The molecule has 1 aromatic carbocycles. The van der Waals surface area contributed by atoms with E-state index in [4.69, 9.17) is 10.8 Å². The zero-order chi connectivity index (χ0) is 13.3. The third-order valence-corrected chi connectivity index (χ3v) is 3.19. The van der Waals surface area contributed by atoms with Crippen LogP contribution in [-0.4, -0.2) is 41.8 Å². The fraction of sp³-hybridized carbons (Fsp3) is 0.417. The molecule has 0 aliphatic carbocycles. The quantitative estimate of drug-likeness (QED) is 0.746. The summed E-state index contributed by atoms with van der Waals surface area (Å²) in [5, 5.41) is 8.97. The number of rotatable bonds is 1. The van der Waals surface area contributed by atoms with Crippen molar-refractivity contribution in [1.82, 2.24) is 4.90 Å². The summed E-state index contributed by atoms with van der Waals surface area (Å²) in [4.78, 5) is 14.1. The number of halogens is 1. The van der Waals surface area contributed by atoms with Crippen LogP contribution in [0.3, 0.4) is 0 Å². The zero-order valence-electron chi connectivity index (χ0n) is 10.1. The van der Waals surface area contributed by atoms with E-state index in [-0.39, 0.29) is 11.9 Å². The van der Waals surface area contributed by atoms with Crippen molar-refractivity contribution in [3.05, 3.63) is 24.0 Å². The van der Waals surface area contributed by atoms with Crippen LogP contribution < -0.4 is 10.6 Å². The molecule has 1 saturated heterocycles. The van der Waals surface area contributed by atoms with E-state index in [1.165, 1.54) is 11.0 Å². The fourth-order valence-electron chi connectivity index (χ4n) is 2.24. The number of hydrogen-bond acceptors (Lipinski definition) is 3. The molecule has 0 aromatic heterocycles. The minimum absolute atomic E-state index is 0.159. The molecule has 1 amide bonds. The predicted octanol–water partition coefficient (Wildman–Crippen LogP) is 1.60. The first kappa shape index (κ1) is 12.5. The first-order chi connectivity index (χ1) is 8.49. The molecule has 1 aliphatic rings. The van der Waals surface area contributed by atoms with E-state index in [1.54, 1.807) is 12.1 Å². The van der Waals surface area contributed by atoms with Crippen LogP contribution in [0, 0.1) is 5.82 Å². The van der Waals surface area contributed by atoms with Crippen molar-refractivity contribution in [2.45, 2.75) is 13.0 Å². The van der Waals surface area contributed by atoms with Crippen LogP contribution >= 0.6 is 0 Å². The maximum Gasteiger partial charge on any atom is 0.407 e. The summed E-state index contributed by atoms with van der Waals surface area (Å²) < 4.78 is 13.8. The number of carboxylic acid groups (broad SMARTS) is 1. The van der Waals surface area contributed by atoms with Crippen LogP contribution in [0.4, 0.5) is 20.6 Å². The molecule has 2 rings (SSSR count). The molecule has 98 valence electrons. The van der Waals surface area contributed by atoms with Gasteiger partial charge in [0, 0.05) is 31.4 Å². The van der Waals surface area contributed by atoms with Gasteiger partial charge in [-0.05, 0) is 25.1 Å². The predicted molar refractivity (Wildman–Crippen MR) is 67.2 cm³/mol. The number of carbonyl (C=O) groups is 1. The summed E-state index contributed by atoms with van der Waals surface area (Å²) in [6.45, 7) is 3.15. The molecule has 0 bridgehead atoms. The summed E-state index contributed by atoms with van der Waals surface area (Å²) in [6, 6.07) is 4.40. The number of nitrogens with zero attached hydrogens (tertiary/aromatic N) is 2. The van der Waals surface area contributed by atoms with E-state index >= 15 is 0 Å². The minimum Gasteiger partial charge on any atom is -0.465 e. The number of hydrogen-bond donors (Lipinski definition) is 2. The number of nitrogen functional groups attached to an aromatic ring is 1. The Hall–Kier alpha value is -1.98. The zero-order valence-corrected chi connectivity index (χ0v) is 10.1. The summed E-state index contributed by atoms with van der Waals surface area (Å²) in [7, 11) is 0. The van der Waals surface area contributed by atoms with E-state index in [2.05, 4.69) is 0 Å². The van der Waals surface area contributed by atoms with E-state index in [1.807, 2.05) is 11.8 Å². The molecule has 0 spiro atoms. The average molecular weight is 253 g/mol. The third-order valence-electron chi connectivity index (χ3n) is 3.19. The topological polar surface area (TPSA) is 69.8 Å². The van der Waals surface area contributed by atoms with Gasteiger partial charge >= 0.3 is 6.09 Å². The van der Waals surface area contributed by atoms with E-state index in [0.29, 0.717) is 31.0 Å². The van der Waals surface area contributed by atoms with E-state index in [9.17, 15) is 9.18 Å². The highest BCUT2D eigenvalue weighted by atomic mass is 19.1. The van der Waals surface area contributed by atoms with Crippen molar-refractivity contribution in [3.8, 4) is 0 Å². The van der Waals surface area contributed by atoms with Gasteiger partial charge in [-0.15, -0.1) is 0 Å². The third kappa shape index (κ3) is 2.32. The number of amides is 1. The molecule has 18 heavy (non-hydrogen) atoms. The monoisotopic (exact) mass is 253 g/mol. The first-order valence-electron chi connectivity index (χ1n) is 5.78. The van der Waals surface area contributed by atoms with Crippen molar-refractivity contribution >= 4 is 17.5 Å². The molecule has 0 saturated carbocycles. The Kier molecular flexibility index (Phi) is 3.27. The highest BCUT2D eigenvalue weighted by Gasteiger charge is 2.28. The number of anilines is 2. The van der Waals surface area contributed by atoms with Gasteiger partial charge in [0.15, 0.2) is 0 Å². The molecular weight excluding hydrogens is 237 g/mol. The van der Waals surface area contributed by atoms with Gasteiger partial charge in [0.05, 0.1) is 5.69 Å². The van der Waals surface area contributed by atoms with E-state index in [0.717, 1.165) is 0 Å². The Morgan fingerprint density at radius 3 is 2.78 bits per heavy atom. The van der Waals surface area contributed by atoms with Crippen LogP contribution in [0.15, 0.2) is 18.2 Å². The Balaban J connectivity index is 2.15. The molecule has 1 atom stereocenters. The highest BCUT2D eigenvalue weighted by Crippen LogP contribution is 2.24. The van der Waals surface area contributed by atoms with Gasteiger partial charge < -0.3 is 20.6 Å². The van der Waals surface area contributed by atoms with Gasteiger partial charge in [-0.2, -0.15) is 0 Å². The minimum atomic E-state index is -0.931. The number of nitrogens with two attached hydrogens (primary N) is 1. The van der Waals surface area contributed by atoms with Crippen LogP contribution in [0.25, 0.3) is 0 Å². The molecule has 5 nitrogen and oxygen atoms in total. The first-order valence-corrected chi connectivity index (χ1v) is 5.78. The number of piperazine rings is 1.